The molecule has 0 heterocycles. The largest absolute Gasteiger partial charge is 0.508 e. The van der Waals surface area contributed by atoms with E-state index in [4.69, 9.17) is 5.11 Å². The van der Waals surface area contributed by atoms with Crippen molar-refractivity contribution in [3.63, 3.8) is 0 Å². The number of nitrogens with one attached hydrogen (secondary N) is 5. The number of rotatable bonds is 17. The lowest BCUT2D eigenvalue weighted by Gasteiger charge is -2.25. The zero-order valence-electron chi connectivity index (χ0n) is 27.0. The van der Waals surface area contributed by atoms with Crippen molar-refractivity contribution in [3.8, 4) is 5.75 Å². The lowest BCUT2D eigenvalue weighted by atomic mass is 10.0. The smallest absolute Gasteiger partial charge is 0.322 e. The molecule has 3 rings (SSSR count). The van der Waals surface area contributed by atoms with Crippen molar-refractivity contribution in [2.75, 3.05) is 19.6 Å². The lowest BCUT2D eigenvalue weighted by Crippen LogP contribution is -2.56. The summed E-state index contributed by atoms with van der Waals surface area (Å²) in [6.07, 6.45) is -0.0305. The summed E-state index contributed by atoms with van der Waals surface area (Å²) in [6, 6.07) is 20.0. The summed E-state index contributed by atoms with van der Waals surface area (Å²) >= 11 is 0. The number of hydrogen-bond acceptors (Lipinski definition) is 9. The average molecular weight is 674 g/mol. The van der Waals surface area contributed by atoms with Gasteiger partial charge in [0.1, 0.15) is 24.4 Å². The minimum atomic E-state index is -1.25. The minimum Gasteiger partial charge on any atom is -0.508 e. The van der Waals surface area contributed by atoms with Crippen LogP contribution in [0.3, 0.4) is 0 Å². The average Bonchev–Trinajstić information content (AvgIpc) is 3.08. The predicted molar refractivity (Wildman–Crippen MR) is 178 cm³/mol. The number of azo groups is 1. The van der Waals surface area contributed by atoms with Crippen LogP contribution in [0.4, 0.5) is 11.4 Å². The number of benzene rings is 3. The monoisotopic (exact) mass is 673 g/mol. The molecule has 0 aliphatic heterocycles. The molecule has 0 fully saturated rings. The molecule has 3 aromatic carbocycles. The molecule has 0 saturated heterocycles. The van der Waals surface area contributed by atoms with Crippen molar-refractivity contribution in [3.05, 3.63) is 90.0 Å². The number of carbonyl (C=O) groups is 6. The third kappa shape index (κ3) is 13.6. The third-order valence-electron chi connectivity index (χ3n) is 6.92. The van der Waals surface area contributed by atoms with E-state index in [-0.39, 0.29) is 24.5 Å². The van der Waals surface area contributed by atoms with Crippen molar-refractivity contribution in [1.29, 1.82) is 0 Å². The molecule has 0 radical (unpaired) electrons. The maximum atomic E-state index is 13.5. The number of nitrogens with zero attached hydrogens (tertiary/aromatic N) is 2. The van der Waals surface area contributed by atoms with Crippen LogP contribution >= 0.6 is 0 Å². The standard InChI is InChI=1S/C34H39N7O8/c1-21(2)32(39-28(43)17-23-8-12-25(13-9-23)41-40-24-6-4-3-5-7-24)34(49)38-27(16-22-10-14-26(42)15-11-22)33(48)37-19-30(45)35-18-29(44)36-20-31(46)47/h3-15,21,27,32,42H,16-20H2,1-2H3,(H,35,45)(H,36,44)(H,37,48)(H,38,49)(H,39,43)(H,46,47)/t27-,32-/m0/s1. The van der Waals surface area contributed by atoms with E-state index in [1.54, 1.807) is 50.2 Å². The molecular weight excluding hydrogens is 634 g/mol. The lowest BCUT2D eigenvalue weighted by molar-refractivity contribution is -0.137. The molecule has 0 aromatic heterocycles. The Morgan fingerprint density at radius 3 is 1.78 bits per heavy atom. The number of amides is 5. The zero-order valence-corrected chi connectivity index (χ0v) is 27.0. The topological polar surface area (TPSA) is 228 Å². The molecule has 0 aliphatic carbocycles. The van der Waals surface area contributed by atoms with Gasteiger partial charge in [-0.05, 0) is 53.4 Å². The Morgan fingerprint density at radius 2 is 1.18 bits per heavy atom. The Balaban J connectivity index is 1.61. The van der Waals surface area contributed by atoms with Gasteiger partial charge in [-0.3, -0.25) is 28.8 Å². The van der Waals surface area contributed by atoms with Gasteiger partial charge >= 0.3 is 5.97 Å². The van der Waals surface area contributed by atoms with Gasteiger partial charge < -0.3 is 36.8 Å². The summed E-state index contributed by atoms with van der Waals surface area (Å²) in [4.78, 5) is 74.1. The van der Waals surface area contributed by atoms with Crippen molar-refractivity contribution >= 4 is 46.9 Å². The second kappa shape index (κ2) is 18.9. The van der Waals surface area contributed by atoms with E-state index >= 15 is 0 Å². The second-order valence-corrected chi connectivity index (χ2v) is 11.3. The molecule has 15 heteroatoms. The van der Waals surface area contributed by atoms with Crippen LogP contribution in [0, 0.1) is 5.92 Å². The number of aliphatic carboxylic acids is 1. The Morgan fingerprint density at radius 1 is 0.633 bits per heavy atom. The summed E-state index contributed by atoms with van der Waals surface area (Å²) < 4.78 is 0. The molecule has 2 atom stereocenters. The van der Waals surface area contributed by atoms with E-state index in [0.717, 1.165) is 0 Å². The van der Waals surface area contributed by atoms with Crippen LogP contribution in [0.15, 0.2) is 89.1 Å². The number of phenolic OH excluding ortho intramolecular Hbond substituents is 1. The highest BCUT2D eigenvalue weighted by Crippen LogP contribution is 2.19. The van der Waals surface area contributed by atoms with Crippen LogP contribution in [0.5, 0.6) is 5.75 Å². The molecule has 0 unspecified atom stereocenters. The molecule has 5 amide bonds. The molecule has 0 aliphatic rings. The SMILES string of the molecule is CC(C)[C@H](NC(=O)Cc1ccc(N=Nc2ccccc2)cc1)C(=O)N[C@@H](Cc1ccc(O)cc1)C(=O)NCC(=O)NCC(=O)NCC(=O)O. The summed E-state index contributed by atoms with van der Waals surface area (Å²) in [5.74, 6) is -4.83. The van der Waals surface area contributed by atoms with Gasteiger partial charge in [0.05, 0.1) is 30.9 Å². The van der Waals surface area contributed by atoms with Gasteiger partial charge in [-0.2, -0.15) is 10.2 Å². The molecule has 258 valence electrons. The first kappa shape index (κ1) is 37.3. The first-order valence-electron chi connectivity index (χ1n) is 15.4. The van der Waals surface area contributed by atoms with Gasteiger partial charge in [-0.1, -0.05) is 56.3 Å². The Kier molecular flexibility index (Phi) is 14.4. The first-order chi connectivity index (χ1) is 23.4. The van der Waals surface area contributed by atoms with Crippen molar-refractivity contribution in [2.45, 2.75) is 38.8 Å². The summed E-state index contributed by atoms with van der Waals surface area (Å²) in [7, 11) is 0. The molecule has 0 bridgehead atoms. The molecular formula is C34H39N7O8. The number of carboxylic acids is 1. The Hall–Kier alpha value is -6.12. The highest BCUT2D eigenvalue weighted by molar-refractivity contribution is 5.94. The van der Waals surface area contributed by atoms with Crippen LogP contribution in [0.25, 0.3) is 0 Å². The highest BCUT2D eigenvalue weighted by Gasteiger charge is 2.29. The number of phenols is 1. The maximum absolute atomic E-state index is 13.5. The number of hydrogen-bond donors (Lipinski definition) is 7. The van der Waals surface area contributed by atoms with Gasteiger partial charge in [0, 0.05) is 6.42 Å². The summed E-state index contributed by atoms with van der Waals surface area (Å²) in [5, 5.41) is 38.8. The highest BCUT2D eigenvalue weighted by atomic mass is 16.4. The fourth-order valence-corrected chi connectivity index (χ4v) is 4.34. The fourth-order valence-electron chi connectivity index (χ4n) is 4.34. The summed E-state index contributed by atoms with van der Waals surface area (Å²) in [5.41, 5.74) is 2.58. The van der Waals surface area contributed by atoms with E-state index in [9.17, 15) is 33.9 Å². The van der Waals surface area contributed by atoms with Crippen LogP contribution in [0.1, 0.15) is 25.0 Å². The first-order valence-corrected chi connectivity index (χ1v) is 15.4. The van der Waals surface area contributed by atoms with E-state index in [2.05, 4.69) is 36.8 Å². The van der Waals surface area contributed by atoms with Crippen LogP contribution < -0.4 is 26.6 Å². The van der Waals surface area contributed by atoms with Crippen molar-refractivity contribution < 1.29 is 39.0 Å². The van der Waals surface area contributed by atoms with Crippen LogP contribution in [-0.2, 0) is 41.6 Å². The third-order valence-corrected chi connectivity index (χ3v) is 6.92. The van der Waals surface area contributed by atoms with Crippen LogP contribution in [-0.4, -0.2) is 77.4 Å². The van der Waals surface area contributed by atoms with E-state index < -0.39 is 67.2 Å². The Labute approximate surface area is 282 Å². The van der Waals surface area contributed by atoms with Crippen LogP contribution in [0.2, 0.25) is 0 Å². The molecule has 49 heavy (non-hydrogen) atoms. The molecule has 0 spiro atoms. The minimum absolute atomic E-state index is 0.00616. The van der Waals surface area contributed by atoms with Gasteiger partial charge in [0.15, 0.2) is 0 Å². The van der Waals surface area contributed by atoms with Gasteiger partial charge in [0.2, 0.25) is 29.5 Å². The summed E-state index contributed by atoms with van der Waals surface area (Å²) in [6.45, 7) is 1.82. The second-order valence-electron chi connectivity index (χ2n) is 11.3. The normalized spacial score (nSPS) is 12.1. The van der Waals surface area contributed by atoms with Gasteiger partial charge in [0.25, 0.3) is 0 Å². The molecule has 3 aromatic rings. The fraction of sp³-hybridized carbons (Fsp3) is 0.294. The number of aromatic hydroxyl groups is 1. The van der Waals surface area contributed by atoms with E-state index in [1.807, 2.05) is 30.3 Å². The zero-order chi connectivity index (χ0) is 35.8. The molecule has 15 nitrogen and oxygen atoms in total. The number of carbonyl (C=O) groups excluding carboxylic acids is 5. The molecule has 7 N–H and O–H groups in total. The predicted octanol–water partition coefficient (Wildman–Crippen LogP) is 1.65. The molecule has 0 saturated carbocycles. The van der Waals surface area contributed by atoms with Crippen molar-refractivity contribution in [1.82, 2.24) is 26.6 Å². The van der Waals surface area contributed by atoms with Gasteiger partial charge in [-0.25, -0.2) is 0 Å². The quantitative estimate of drug-likeness (QED) is 0.104. The number of carboxylic acid groups (broad SMARTS) is 1. The van der Waals surface area contributed by atoms with E-state index in [1.165, 1.54) is 12.1 Å². The maximum Gasteiger partial charge on any atom is 0.322 e. The van der Waals surface area contributed by atoms with E-state index in [0.29, 0.717) is 22.5 Å². The van der Waals surface area contributed by atoms with Crippen molar-refractivity contribution in [2.24, 2.45) is 16.1 Å². The van der Waals surface area contributed by atoms with Gasteiger partial charge in [-0.15, -0.1) is 0 Å². The Bertz CT molecular complexity index is 1630.